The Morgan fingerprint density at radius 2 is 1.64 bits per heavy atom. The lowest BCUT2D eigenvalue weighted by atomic mass is 10.0. The molecular weight excluding hydrogens is 346 g/mol. The van der Waals surface area contributed by atoms with Crippen LogP contribution in [0.25, 0.3) is 22.0 Å². The number of pyridine rings is 1. The Labute approximate surface area is 164 Å². The molecule has 0 aliphatic heterocycles. The van der Waals surface area contributed by atoms with E-state index >= 15 is 0 Å². The van der Waals surface area contributed by atoms with Gasteiger partial charge in [0.15, 0.2) is 0 Å². The number of aromatic nitrogens is 1. The molecule has 0 aliphatic rings. The smallest absolute Gasteiger partial charge is 0.251 e. The number of hydrogen-bond acceptors (Lipinski definition) is 2. The second-order valence-corrected chi connectivity index (χ2v) is 6.86. The molecule has 0 saturated carbocycles. The summed E-state index contributed by atoms with van der Waals surface area (Å²) in [6.07, 6.45) is 0.970. The number of benzene rings is 3. The van der Waals surface area contributed by atoms with Gasteiger partial charge in [-0.2, -0.15) is 0 Å². The number of ether oxygens (including phenoxy) is 1. The number of nitrogens with zero attached hydrogens (tertiary/aromatic N) is 1. The predicted molar refractivity (Wildman–Crippen MR) is 115 cm³/mol. The van der Waals surface area contributed by atoms with Crippen LogP contribution in [0, 0.1) is 0 Å². The molecule has 4 aromatic rings. The maximum Gasteiger partial charge on any atom is 0.251 e. The average Bonchev–Trinajstić information content (AvgIpc) is 2.75. The van der Waals surface area contributed by atoms with Crippen LogP contribution in [0.5, 0.6) is 5.75 Å². The van der Waals surface area contributed by atoms with E-state index in [1.54, 1.807) is 6.07 Å². The second-order valence-electron chi connectivity index (χ2n) is 6.86. The van der Waals surface area contributed by atoms with E-state index < -0.39 is 0 Å². The summed E-state index contributed by atoms with van der Waals surface area (Å²) in [4.78, 5) is 12.5. The van der Waals surface area contributed by atoms with Crippen molar-refractivity contribution in [3.63, 3.8) is 0 Å². The third kappa shape index (κ3) is 3.70. The molecule has 28 heavy (non-hydrogen) atoms. The van der Waals surface area contributed by atoms with Crippen LogP contribution in [-0.2, 0) is 6.54 Å². The van der Waals surface area contributed by atoms with E-state index in [1.807, 2.05) is 65.2 Å². The topological polar surface area (TPSA) is 31.2 Å². The number of rotatable bonds is 6. The first-order chi connectivity index (χ1) is 13.8. The molecule has 0 bridgehead atoms. The van der Waals surface area contributed by atoms with Crippen LogP contribution >= 0.6 is 0 Å². The standard InChI is InChI=1S/C25H23NO2/c1-2-16-28-24-11-7-6-10-22(24)20-12-14-23-21(17-20)13-15-25(27)26(23)18-19-8-4-3-5-9-19/h3-15,17H,2,16,18H2,1H3. The first kappa shape index (κ1) is 18.1. The zero-order chi connectivity index (χ0) is 19.3. The van der Waals surface area contributed by atoms with Gasteiger partial charge in [-0.15, -0.1) is 0 Å². The molecule has 0 saturated heterocycles. The highest BCUT2D eigenvalue weighted by Gasteiger charge is 2.09. The van der Waals surface area contributed by atoms with E-state index in [4.69, 9.17) is 4.74 Å². The average molecular weight is 369 g/mol. The summed E-state index contributed by atoms with van der Waals surface area (Å²) in [5, 5.41) is 1.04. The van der Waals surface area contributed by atoms with Gasteiger partial charge in [0.1, 0.15) is 5.75 Å². The summed E-state index contributed by atoms with van der Waals surface area (Å²) in [6.45, 7) is 3.36. The Hall–Kier alpha value is -3.33. The Morgan fingerprint density at radius 1 is 0.857 bits per heavy atom. The molecule has 0 atom stereocenters. The van der Waals surface area contributed by atoms with Crippen LogP contribution in [0.15, 0.2) is 89.7 Å². The van der Waals surface area contributed by atoms with Crippen molar-refractivity contribution in [2.45, 2.75) is 19.9 Å². The van der Waals surface area contributed by atoms with E-state index in [2.05, 4.69) is 25.1 Å². The SMILES string of the molecule is CCCOc1ccccc1-c1ccc2c(ccc(=O)n2Cc2ccccc2)c1. The molecule has 4 rings (SSSR count). The number of hydrogen-bond donors (Lipinski definition) is 0. The highest BCUT2D eigenvalue weighted by molar-refractivity contribution is 5.86. The van der Waals surface area contributed by atoms with E-state index in [0.717, 1.165) is 39.8 Å². The first-order valence-corrected chi connectivity index (χ1v) is 9.66. The van der Waals surface area contributed by atoms with Gasteiger partial charge in [-0.05, 0) is 47.2 Å². The molecule has 3 aromatic carbocycles. The molecule has 0 N–H and O–H groups in total. The van der Waals surface area contributed by atoms with Crippen molar-refractivity contribution >= 4 is 10.9 Å². The summed E-state index contributed by atoms with van der Waals surface area (Å²) >= 11 is 0. The lowest BCUT2D eigenvalue weighted by molar-refractivity contribution is 0.318. The van der Waals surface area contributed by atoms with Gasteiger partial charge in [0, 0.05) is 11.6 Å². The minimum absolute atomic E-state index is 0.00998. The molecule has 3 heteroatoms. The maximum atomic E-state index is 12.5. The Morgan fingerprint density at radius 3 is 2.46 bits per heavy atom. The minimum atomic E-state index is 0.00998. The fourth-order valence-electron chi connectivity index (χ4n) is 3.44. The molecule has 3 nitrogen and oxygen atoms in total. The van der Waals surface area contributed by atoms with Crippen molar-refractivity contribution < 1.29 is 4.74 Å². The molecule has 0 spiro atoms. The zero-order valence-electron chi connectivity index (χ0n) is 16.0. The monoisotopic (exact) mass is 369 g/mol. The maximum absolute atomic E-state index is 12.5. The molecule has 0 amide bonds. The van der Waals surface area contributed by atoms with Crippen LogP contribution in [-0.4, -0.2) is 11.2 Å². The largest absolute Gasteiger partial charge is 0.493 e. The van der Waals surface area contributed by atoms with E-state index in [9.17, 15) is 4.79 Å². The predicted octanol–water partition coefficient (Wildman–Crippen LogP) is 5.51. The normalized spacial score (nSPS) is 10.9. The van der Waals surface area contributed by atoms with Crippen LogP contribution in [0.1, 0.15) is 18.9 Å². The van der Waals surface area contributed by atoms with Crippen molar-refractivity contribution in [1.29, 1.82) is 0 Å². The molecule has 0 radical (unpaired) electrons. The van der Waals surface area contributed by atoms with Gasteiger partial charge < -0.3 is 9.30 Å². The highest BCUT2D eigenvalue weighted by Crippen LogP contribution is 2.32. The van der Waals surface area contributed by atoms with Gasteiger partial charge in [0.25, 0.3) is 5.56 Å². The molecule has 1 aromatic heterocycles. The van der Waals surface area contributed by atoms with Crippen molar-refractivity contribution in [3.05, 3.63) is 101 Å². The Balaban J connectivity index is 1.77. The first-order valence-electron chi connectivity index (χ1n) is 9.66. The lowest BCUT2D eigenvalue weighted by Gasteiger charge is -2.14. The molecule has 0 aliphatic carbocycles. The van der Waals surface area contributed by atoms with Crippen molar-refractivity contribution in [3.8, 4) is 16.9 Å². The third-order valence-electron chi connectivity index (χ3n) is 4.83. The quantitative estimate of drug-likeness (QED) is 0.449. The van der Waals surface area contributed by atoms with Gasteiger partial charge in [0.05, 0.1) is 18.7 Å². The van der Waals surface area contributed by atoms with Crippen LogP contribution in [0.4, 0.5) is 0 Å². The fraction of sp³-hybridized carbons (Fsp3) is 0.160. The van der Waals surface area contributed by atoms with Crippen LogP contribution in [0.3, 0.4) is 0 Å². The van der Waals surface area contributed by atoms with Gasteiger partial charge in [-0.3, -0.25) is 4.79 Å². The van der Waals surface area contributed by atoms with Crippen molar-refractivity contribution in [1.82, 2.24) is 4.57 Å². The van der Waals surface area contributed by atoms with Gasteiger partial charge in [0.2, 0.25) is 0 Å². The molecular formula is C25H23NO2. The van der Waals surface area contributed by atoms with Crippen molar-refractivity contribution in [2.75, 3.05) is 6.61 Å². The second kappa shape index (κ2) is 8.13. The van der Waals surface area contributed by atoms with E-state index in [1.165, 1.54) is 0 Å². The summed E-state index contributed by atoms with van der Waals surface area (Å²) in [5.41, 5.74) is 4.21. The van der Waals surface area contributed by atoms with E-state index in [-0.39, 0.29) is 5.56 Å². The van der Waals surface area contributed by atoms with Gasteiger partial charge in [-0.25, -0.2) is 0 Å². The lowest BCUT2D eigenvalue weighted by Crippen LogP contribution is -2.19. The summed E-state index contributed by atoms with van der Waals surface area (Å²) in [5.74, 6) is 0.890. The Kier molecular flexibility index (Phi) is 5.24. The highest BCUT2D eigenvalue weighted by atomic mass is 16.5. The van der Waals surface area contributed by atoms with Crippen molar-refractivity contribution in [2.24, 2.45) is 0 Å². The van der Waals surface area contributed by atoms with E-state index in [0.29, 0.717) is 13.2 Å². The summed E-state index contributed by atoms with van der Waals surface area (Å²) in [6, 6.07) is 27.9. The Bertz CT molecular complexity index is 1150. The fourth-order valence-corrected chi connectivity index (χ4v) is 3.44. The summed E-state index contributed by atoms with van der Waals surface area (Å²) in [7, 11) is 0. The molecule has 140 valence electrons. The number of para-hydroxylation sites is 1. The van der Waals surface area contributed by atoms with Gasteiger partial charge in [-0.1, -0.05) is 61.5 Å². The van der Waals surface area contributed by atoms with Crippen LogP contribution < -0.4 is 10.3 Å². The van der Waals surface area contributed by atoms with Gasteiger partial charge >= 0.3 is 0 Å². The molecule has 0 unspecified atom stereocenters. The molecule has 0 fully saturated rings. The molecule has 1 heterocycles. The van der Waals surface area contributed by atoms with Crippen LogP contribution in [0.2, 0.25) is 0 Å². The number of fused-ring (bicyclic) bond motifs is 1. The third-order valence-corrected chi connectivity index (χ3v) is 4.83. The zero-order valence-corrected chi connectivity index (χ0v) is 16.0. The summed E-state index contributed by atoms with van der Waals surface area (Å²) < 4.78 is 7.75. The minimum Gasteiger partial charge on any atom is -0.493 e.